The standard InChI is InChI=1S/C18H14Cl3N3O2/c19-12-4-6-13(7-5-12)24-11-14(10-23-24)26-18(25)22-9-8-15-16(20)2-1-3-17(15)21/h1-7,10-11H,8-9H2,(H,22,25). The molecule has 1 amide bonds. The van der Waals surface area contributed by atoms with E-state index in [1.165, 1.54) is 6.20 Å². The van der Waals surface area contributed by atoms with Gasteiger partial charge in [-0.3, -0.25) is 0 Å². The van der Waals surface area contributed by atoms with E-state index in [4.69, 9.17) is 39.5 Å². The second-order valence-corrected chi connectivity index (χ2v) is 6.61. The quantitative estimate of drug-likeness (QED) is 0.632. The van der Waals surface area contributed by atoms with Crippen molar-refractivity contribution in [3.05, 3.63) is 75.5 Å². The van der Waals surface area contributed by atoms with E-state index in [9.17, 15) is 4.79 Å². The van der Waals surface area contributed by atoms with Gasteiger partial charge in [0.05, 0.1) is 18.1 Å². The summed E-state index contributed by atoms with van der Waals surface area (Å²) in [6.07, 6.45) is 2.98. The molecule has 0 aliphatic heterocycles. The van der Waals surface area contributed by atoms with Crippen LogP contribution in [0.5, 0.6) is 5.75 Å². The number of rotatable bonds is 5. The first-order chi connectivity index (χ1) is 12.5. The highest BCUT2D eigenvalue weighted by Crippen LogP contribution is 2.24. The van der Waals surface area contributed by atoms with Crippen LogP contribution in [0.1, 0.15) is 5.56 Å². The van der Waals surface area contributed by atoms with Crippen LogP contribution in [0, 0.1) is 0 Å². The Morgan fingerprint density at radius 2 is 1.77 bits per heavy atom. The van der Waals surface area contributed by atoms with Crippen LogP contribution in [-0.2, 0) is 6.42 Å². The first kappa shape index (κ1) is 18.6. The monoisotopic (exact) mass is 409 g/mol. The van der Waals surface area contributed by atoms with Crippen LogP contribution in [0.4, 0.5) is 4.79 Å². The molecule has 3 aromatic rings. The Hall–Kier alpha value is -2.21. The Morgan fingerprint density at radius 3 is 2.46 bits per heavy atom. The maximum absolute atomic E-state index is 11.9. The van der Waals surface area contributed by atoms with Gasteiger partial charge in [-0.25, -0.2) is 9.48 Å². The van der Waals surface area contributed by atoms with Crippen molar-refractivity contribution in [3.63, 3.8) is 0 Å². The molecule has 0 spiro atoms. The predicted molar refractivity (Wildman–Crippen MR) is 103 cm³/mol. The molecule has 2 aromatic carbocycles. The minimum absolute atomic E-state index is 0.327. The summed E-state index contributed by atoms with van der Waals surface area (Å²) < 4.78 is 6.80. The summed E-state index contributed by atoms with van der Waals surface area (Å²) in [7, 11) is 0. The van der Waals surface area contributed by atoms with Gasteiger partial charge in [0.25, 0.3) is 0 Å². The highest BCUT2D eigenvalue weighted by molar-refractivity contribution is 6.36. The minimum atomic E-state index is -0.580. The van der Waals surface area contributed by atoms with Crippen LogP contribution in [0.15, 0.2) is 54.9 Å². The molecule has 1 heterocycles. The Labute approximate surface area is 165 Å². The lowest BCUT2D eigenvalue weighted by molar-refractivity contribution is 0.200. The van der Waals surface area contributed by atoms with Crippen molar-refractivity contribution in [1.82, 2.24) is 15.1 Å². The van der Waals surface area contributed by atoms with Gasteiger partial charge in [0.15, 0.2) is 5.75 Å². The SMILES string of the molecule is O=C(NCCc1c(Cl)cccc1Cl)Oc1cnn(-c2ccc(Cl)cc2)c1. The number of carbonyl (C=O) groups excluding carboxylic acids is 1. The number of amides is 1. The predicted octanol–water partition coefficient (Wildman–Crippen LogP) is 5.16. The van der Waals surface area contributed by atoms with E-state index in [1.807, 2.05) is 12.1 Å². The number of benzene rings is 2. The largest absolute Gasteiger partial charge is 0.412 e. The van der Waals surface area contributed by atoms with Gasteiger partial charge in [-0.05, 0) is 48.4 Å². The van der Waals surface area contributed by atoms with Crippen molar-refractivity contribution < 1.29 is 9.53 Å². The Morgan fingerprint density at radius 1 is 1.08 bits per heavy atom. The lowest BCUT2D eigenvalue weighted by Gasteiger charge is -2.08. The summed E-state index contributed by atoms with van der Waals surface area (Å²) in [6, 6.07) is 12.4. The van der Waals surface area contributed by atoms with Gasteiger partial charge in [-0.2, -0.15) is 5.10 Å². The van der Waals surface area contributed by atoms with E-state index >= 15 is 0 Å². The van der Waals surface area contributed by atoms with Gasteiger partial charge in [0.2, 0.25) is 0 Å². The van der Waals surface area contributed by atoms with E-state index in [2.05, 4.69) is 10.4 Å². The molecule has 1 aromatic heterocycles. The third-order valence-electron chi connectivity index (χ3n) is 3.57. The first-order valence-electron chi connectivity index (χ1n) is 7.72. The fourth-order valence-electron chi connectivity index (χ4n) is 2.30. The fraction of sp³-hybridized carbons (Fsp3) is 0.111. The van der Waals surface area contributed by atoms with Crippen LogP contribution in [0.25, 0.3) is 5.69 Å². The molecular weight excluding hydrogens is 397 g/mol. The molecule has 0 saturated heterocycles. The number of hydrogen-bond acceptors (Lipinski definition) is 3. The maximum atomic E-state index is 11.9. The van der Waals surface area contributed by atoms with Crippen molar-refractivity contribution in [2.75, 3.05) is 6.54 Å². The van der Waals surface area contributed by atoms with Crippen LogP contribution in [0.3, 0.4) is 0 Å². The number of hydrogen-bond donors (Lipinski definition) is 1. The highest BCUT2D eigenvalue weighted by Gasteiger charge is 2.09. The molecule has 5 nitrogen and oxygen atoms in total. The van der Waals surface area contributed by atoms with Crippen molar-refractivity contribution in [1.29, 1.82) is 0 Å². The zero-order chi connectivity index (χ0) is 18.5. The molecule has 26 heavy (non-hydrogen) atoms. The highest BCUT2D eigenvalue weighted by atomic mass is 35.5. The smallest absolute Gasteiger partial charge is 0.407 e. The molecule has 0 saturated carbocycles. The van der Waals surface area contributed by atoms with Crippen LogP contribution in [0.2, 0.25) is 15.1 Å². The maximum Gasteiger partial charge on any atom is 0.412 e. The Bertz CT molecular complexity index is 890. The van der Waals surface area contributed by atoms with Gasteiger partial charge in [0.1, 0.15) is 0 Å². The van der Waals surface area contributed by atoms with Crippen LogP contribution < -0.4 is 10.1 Å². The number of ether oxygens (including phenoxy) is 1. The lowest BCUT2D eigenvalue weighted by atomic mass is 10.1. The summed E-state index contributed by atoms with van der Waals surface area (Å²) in [4.78, 5) is 11.9. The molecule has 0 bridgehead atoms. The first-order valence-corrected chi connectivity index (χ1v) is 8.85. The van der Waals surface area contributed by atoms with Crippen molar-refractivity contribution in [3.8, 4) is 11.4 Å². The average molecular weight is 411 g/mol. The van der Waals surface area contributed by atoms with Crippen molar-refractivity contribution >= 4 is 40.9 Å². The molecule has 0 atom stereocenters. The van der Waals surface area contributed by atoms with E-state index in [1.54, 1.807) is 41.2 Å². The van der Waals surface area contributed by atoms with Crippen LogP contribution >= 0.6 is 34.8 Å². The third kappa shape index (κ3) is 4.69. The van der Waals surface area contributed by atoms with Crippen molar-refractivity contribution in [2.45, 2.75) is 6.42 Å². The van der Waals surface area contributed by atoms with E-state index in [-0.39, 0.29) is 0 Å². The Balaban J connectivity index is 1.53. The van der Waals surface area contributed by atoms with Crippen LogP contribution in [-0.4, -0.2) is 22.4 Å². The molecule has 0 unspecified atom stereocenters. The second-order valence-electron chi connectivity index (χ2n) is 5.36. The molecule has 0 aliphatic rings. The van der Waals surface area contributed by atoms with Gasteiger partial charge in [0, 0.05) is 21.6 Å². The summed E-state index contributed by atoms with van der Waals surface area (Å²) in [5, 5.41) is 8.58. The summed E-state index contributed by atoms with van der Waals surface area (Å²) in [5.74, 6) is 0.327. The molecular formula is C18H14Cl3N3O2. The molecule has 8 heteroatoms. The zero-order valence-corrected chi connectivity index (χ0v) is 15.7. The number of halogens is 3. The molecule has 1 N–H and O–H groups in total. The molecule has 0 aliphatic carbocycles. The minimum Gasteiger partial charge on any atom is -0.407 e. The number of nitrogens with zero attached hydrogens (tertiary/aromatic N) is 2. The third-order valence-corrected chi connectivity index (χ3v) is 4.53. The van der Waals surface area contributed by atoms with Gasteiger partial charge >= 0.3 is 6.09 Å². The zero-order valence-electron chi connectivity index (χ0n) is 13.5. The molecule has 0 radical (unpaired) electrons. The second kappa shape index (κ2) is 8.45. The molecule has 134 valence electrons. The number of nitrogens with one attached hydrogen (secondary N) is 1. The number of aromatic nitrogens is 2. The molecule has 0 fully saturated rings. The topological polar surface area (TPSA) is 56.1 Å². The van der Waals surface area contributed by atoms with E-state index in [0.717, 1.165) is 11.3 Å². The lowest BCUT2D eigenvalue weighted by Crippen LogP contribution is -2.28. The van der Waals surface area contributed by atoms with Gasteiger partial charge < -0.3 is 10.1 Å². The average Bonchev–Trinajstić information content (AvgIpc) is 3.06. The summed E-state index contributed by atoms with van der Waals surface area (Å²) in [5.41, 5.74) is 1.59. The van der Waals surface area contributed by atoms with Gasteiger partial charge in [-0.15, -0.1) is 0 Å². The summed E-state index contributed by atoms with van der Waals surface area (Å²) >= 11 is 18.1. The number of carbonyl (C=O) groups is 1. The fourth-order valence-corrected chi connectivity index (χ4v) is 3.01. The molecule has 3 rings (SSSR count). The normalized spacial score (nSPS) is 10.6. The van der Waals surface area contributed by atoms with Gasteiger partial charge in [-0.1, -0.05) is 40.9 Å². The Kier molecular flexibility index (Phi) is 6.04. The van der Waals surface area contributed by atoms with E-state index < -0.39 is 6.09 Å². The van der Waals surface area contributed by atoms with Crippen molar-refractivity contribution in [2.24, 2.45) is 0 Å². The van der Waals surface area contributed by atoms with E-state index in [0.29, 0.717) is 33.8 Å². The summed E-state index contributed by atoms with van der Waals surface area (Å²) in [6.45, 7) is 0.341.